The maximum Gasteiger partial charge on any atom is 0.356 e. The van der Waals surface area contributed by atoms with Crippen molar-refractivity contribution in [1.82, 2.24) is 9.38 Å². The Kier molecular flexibility index (Phi) is 2.24. The first-order valence-electron chi connectivity index (χ1n) is 5.70. The van der Waals surface area contributed by atoms with E-state index in [4.69, 9.17) is 0 Å². The molecule has 5 heteroatoms. The highest BCUT2D eigenvalue weighted by Crippen LogP contribution is 2.29. The molecular weight excluding hydrogens is 218 g/mol. The van der Waals surface area contributed by atoms with Crippen LogP contribution in [0.3, 0.4) is 0 Å². The minimum atomic E-state index is -0.956. The summed E-state index contributed by atoms with van der Waals surface area (Å²) in [6.45, 7) is 0.810. The van der Waals surface area contributed by atoms with Crippen LogP contribution in [0.5, 0.6) is 0 Å². The van der Waals surface area contributed by atoms with Crippen molar-refractivity contribution in [3.05, 3.63) is 30.1 Å². The largest absolute Gasteiger partial charge is 0.476 e. The van der Waals surface area contributed by atoms with E-state index in [0.29, 0.717) is 17.4 Å². The van der Waals surface area contributed by atoms with E-state index < -0.39 is 5.97 Å². The average molecular weight is 231 g/mol. The molecule has 3 rings (SSSR count). The molecule has 2 N–H and O–H groups in total. The molecule has 1 aliphatic rings. The van der Waals surface area contributed by atoms with Gasteiger partial charge in [0, 0.05) is 12.7 Å². The second-order valence-electron chi connectivity index (χ2n) is 4.37. The lowest BCUT2D eigenvalue weighted by molar-refractivity contribution is 0.0690. The maximum atomic E-state index is 11.3. The second-order valence-corrected chi connectivity index (χ2v) is 4.37. The average Bonchev–Trinajstić information content (AvgIpc) is 3.05. The number of rotatable bonds is 4. The van der Waals surface area contributed by atoms with Crippen molar-refractivity contribution < 1.29 is 9.90 Å². The lowest BCUT2D eigenvalue weighted by Crippen LogP contribution is -2.09. The van der Waals surface area contributed by atoms with Crippen molar-refractivity contribution in [2.24, 2.45) is 5.92 Å². The summed E-state index contributed by atoms with van der Waals surface area (Å²) in [5.41, 5.74) is 0.865. The van der Waals surface area contributed by atoms with Crippen LogP contribution in [-0.2, 0) is 0 Å². The fraction of sp³-hybridized carbons (Fsp3) is 0.333. The molecule has 1 fully saturated rings. The van der Waals surface area contributed by atoms with Gasteiger partial charge in [-0.25, -0.2) is 9.78 Å². The minimum absolute atomic E-state index is 0.209. The molecular formula is C12H13N3O2. The molecule has 2 heterocycles. The molecule has 0 atom stereocenters. The van der Waals surface area contributed by atoms with Gasteiger partial charge in [-0.15, -0.1) is 0 Å². The van der Waals surface area contributed by atoms with Gasteiger partial charge < -0.3 is 10.4 Å². The van der Waals surface area contributed by atoms with Crippen LogP contribution in [0.15, 0.2) is 24.4 Å². The van der Waals surface area contributed by atoms with Crippen LogP contribution in [0.1, 0.15) is 23.3 Å². The lowest BCUT2D eigenvalue weighted by Gasteiger charge is -2.02. The standard InChI is InChI=1S/C12H13N3O2/c16-12(17)10-11(13-7-8-4-5-8)14-9-3-1-2-6-15(9)10/h1-3,6,8,13H,4-5,7H2,(H,16,17). The Morgan fingerprint density at radius 2 is 2.35 bits per heavy atom. The molecule has 0 radical (unpaired) electrons. The summed E-state index contributed by atoms with van der Waals surface area (Å²) in [6.07, 6.45) is 4.17. The molecule has 17 heavy (non-hydrogen) atoms. The molecule has 1 saturated carbocycles. The van der Waals surface area contributed by atoms with Crippen molar-refractivity contribution in [2.75, 3.05) is 11.9 Å². The first-order valence-corrected chi connectivity index (χ1v) is 5.70. The van der Waals surface area contributed by atoms with Crippen LogP contribution >= 0.6 is 0 Å². The SMILES string of the molecule is O=C(O)c1c(NCC2CC2)nc2ccccn12. The topological polar surface area (TPSA) is 66.6 Å². The summed E-state index contributed by atoms with van der Waals surface area (Å²) in [7, 11) is 0. The van der Waals surface area contributed by atoms with Crippen molar-refractivity contribution in [2.45, 2.75) is 12.8 Å². The quantitative estimate of drug-likeness (QED) is 0.842. The van der Waals surface area contributed by atoms with Gasteiger partial charge in [0.05, 0.1) is 0 Å². The molecule has 2 aromatic heterocycles. The number of carboxylic acids is 1. The smallest absolute Gasteiger partial charge is 0.356 e. The Morgan fingerprint density at radius 1 is 1.53 bits per heavy atom. The Morgan fingerprint density at radius 3 is 3.06 bits per heavy atom. The summed E-state index contributed by atoms with van der Waals surface area (Å²) in [5.74, 6) is 0.194. The van der Waals surface area contributed by atoms with Gasteiger partial charge in [-0.2, -0.15) is 0 Å². The Bertz CT molecular complexity index is 572. The highest BCUT2D eigenvalue weighted by molar-refractivity contribution is 5.92. The zero-order chi connectivity index (χ0) is 11.8. The highest BCUT2D eigenvalue weighted by Gasteiger charge is 2.23. The normalized spacial score (nSPS) is 15.1. The molecule has 0 saturated heterocycles. The van der Waals surface area contributed by atoms with E-state index >= 15 is 0 Å². The van der Waals surface area contributed by atoms with Gasteiger partial charge in [0.2, 0.25) is 0 Å². The summed E-state index contributed by atoms with van der Waals surface area (Å²) in [5, 5.41) is 12.4. The number of aromatic nitrogens is 2. The van der Waals surface area contributed by atoms with E-state index in [1.807, 2.05) is 6.07 Å². The molecule has 2 aromatic rings. The van der Waals surface area contributed by atoms with Crippen LogP contribution in [0.2, 0.25) is 0 Å². The number of carbonyl (C=O) groups is 1. The maximum absolute atomic E-state index is 11.3. The van der Waals surface area contributed by atoms with Crippen molar-refractivity contribution in [3.63, 3.8) is 0 Å². The molecule has 0 aliphatic heterocycles. The number of hydrogen-bond donors (Lipinski definition) is 2. The number of imidazole rings is 1. The van der Waals surface area contributed by atoms with Gasteiger partial charge in [-0.3, -0.25) is 4.40 Å². The Labute approximate surface area is 98.1 Å². The van der Waals surface area contributed by atoms with E-state index in [1.165, 1.54) is 12.8 Å². The van der Waals surface area contributed by atoms with Gasteiger partial charge >= 0.3 is 5.97 Å². The van der Waals surface area contributed by atoms with E-state index in [2.05, 4.69) is 10.3 Å². The monoisotopic (exact) mass is 231 g/mol. The Balaban J connectivity index is 2.01. The van der Waals surface area contributed by atoms with E-state index in [-0.39, 0.29) is 5.69 Å². The first-order chi connectivity index (χ1) is 8.25. The third-order valence-corrected chi connectivity index (χ3v) is 2.99. The van der Waals surface area contributed by atoms with Crippen LogP contribution < -0.4 is 5.32 Å². The number of pyridine rings is 1. The van der Waals surface area contributed by atoms with Gasteiger partial charge in [-0.1, -0.05) is 6.07 Å². The molecule has 0 amide bonds. The summed E-state index contributed by atoms with van der Waals surface area (Å²) in [6, 6.07) is 5.44. The van der Waals surface area contributed by atoms with E-state index in [0.717, 1.165) is 6.54 Å². The van der Waals surface area contributed by atoms with Crippen LogP contribution in [0, 0.1) is 5.92 Å². The van der Waals surface area contributed by atoms with Gasteiger partial charge in [0.1, 0.15) is 5.65 Å². The number of aromatic carboxylic acids is 1. The van der Waals surface area contributed by atoms with Gasteiger partial charge in [0.15, 0.2) is 11.5 Å². The molecule has 5 nitrogen and oxygen atoms in total. The van der Waals surface area contributed by atoms with E-state index in [1.54, 1.807) is 22.7 Å². The number of hydrogen-bond acceptors (Lipinski definition) is 3. The zero-order valence-corrected chi connectivity index (χ0v) is 9.26. The third-order valence-electron chi connectivity index (χ3n) is 2.99. The van der Waals surface area contributed by atoms with Crippen molar-refractivity contribution in [3.8, 4) is 0 Å². The number of nitrogens with zero attached hydrogens (tertiary/aromatic N) is 2. The molecule has 0 unspecified atom stereocenters. The Hall–Kier alpha value is -2.04. The number of nitrogens with one attached hydrogen (secondary N) is 1. The number of anilines is 1. The van der Waals surface area contributed by atoms with Crippen molar-refractivity contribution >= 4 is 17.4 Å². The van der Waals surface area contributed by atoms with Gasteiger partial charge in [-0.05, 0) is 30.9 Å². The zero-order valence-electron chi connectivity index (χ0n) is 9.26. The number of carboxylic acid groups (broad SMARTS) is 1. The van der Waals surface area contributed by atoms with E-state index in [9.17, 15) is 9.90 Å². The summed E-state index contributed by atoms with van der Waals surface area (Å²) >= 11 is 0. The van der Waals surface area contributed by atoms with Crippen molar-refractivity contribution in [1.29, 1.82) is 0 Å². The molecule has 0 aromatic carbocycles. The lowest BCUT2D eigenvalue weighted by atomic mass is 10.4. The predicted octanol–water partition coefficient (Wildman–Crippen LogP) is 1.85. The second kappa shape index (κ2) is 3.76. The molecule has 0 spiro atoms. The summed E-state index contributed by atoms with van der Waals surface area (Å²) in [4.78, 5) is 15.6. The highest BCUT2D eigenvalue weighted by atomic mass is 16.4. The number of fused-ring (bicyclic) bond motifs is 1. The molecule has 1 aliphatic carbocycles. The fourth-order valence-corrected chi connectivity index (χ4v) is 1.89. The predicted molar refractivity (Wildman–Crippen MR) is 63.4 cm³/mol. The molecule has 88 valence electrons. The summed E-state index contributed by atoms with van der Waals surface area (Å²) < 4.78 is 1.59. The fourth-order valence-electron chi connectivity index (χ4n) is 1.89. The molecule has 0 bridgehead atoms. The third kappa shape index (κ3) is 1.84. The van der Waals surface area contributed by atoms with Crippen LogP contribution in [0.4, 0.5) is 5.82 Å². The van der Waals surface area contributed by atoms with Crippen LogP contribution in [0.25, 0.3) is 5.65 Å². The van der Waals surface area contributed by atoms with Crippen LogP contribution in [-0.4, -0.2) is 27.0 Å². The minimum Gasteiger partial charge on any atom is -0.476 e. The van der Waals surface area contributed by atoms with Gasteiger partial charge in [0.25, 0.3) is 0 Å². The first kappa shape index (κ1) is 10.1.